The van der Waals surface area contributed by atoms with E-state index in [1.807, 2.05) is 0 Å². The first-order valence-corrected chi connectivity index (χ1v) is 33.2. The van der Waals surface area contributed by atoms with Gasteiger partial charge in [0.1, 0.15) is 0 Å². The van der Waals surface area contributed by atoms with Gasteiger partial charge in [-0.15, -0.1) is 0 Å². The number of hydrogen-bond donors (Lipinski definition) is 0. The lowest BCUT2D eigenvalue weighted by molar-refractivity contribution is 1.16. The lowest BCUT2D eigenvalue weighted by Crippen LogP contribution is -2.61. The topological polar surface area (TPSA) is 21.3 Å². The number of fused-ring (bicyclic) bond motifs is 14. The van der Waals surface area contributed by atoms with Gasteiger partial charge in [0.15, 0.2) is 0 Å². The normalized spacial score (nSPS) is 12.5. The van der Waals surface area contributed by atoms with Crippen molar-refractivity contribution in [1.82, 2.24) is 13.7 Å². The van der Waals surface area contributed by atoms with Gasteiger partial charge in [0.25, 0.3) is 6.71 Å². The molecule has 0 N–H and O–H groups in total. The van der Waals surface area contributed by atoms with E-state index < -0.39 is 0 Å². The predicted octanol–water partition coefficient (Wildman–Crippen LogP) is 21.7. The molecule has 0 aliphatic carbocycles. The van der Waals surface area contributed by atoms with Crippen LogP contribution in [0.3, 0.4) is 0 Å². The first kappa shape index (κ1) is 54.0. The van der Waals surface area contributed by atoms with E-state index in [-0.39, 0.29) is 6.71 Å². The molecule has 0 spiro atoms. The Morgan fingerprint density at radius 1 is 0.208 bits per heavy atom. The minimum atomic E-state index is -0.326. The molecule has 0 atom stereocenters. The van der Waals surface area contributed by atoms with Crippen molar-refractivity contribution in [2.75, 3.05) is 9.80 Å². The summed E-state index contributed by atoms with van der Waals surface area (Å²) in [6.07, 6.45) is 0. The van der Waals surface area contributed by atoms with Gasteiger partial charge in [0.2, 0.25) is 0 Å². The van der Waals surface area contributed by atoms with Crippen LogP contribution < -0.4 is 26.2 Å². The van der Waals surface area contributed by atoms with Gasteiger partial charge in [0.05, 0.1) is 61.5 Å². The zero-order valence-corrected chi connectivity index (χ0v) is 52.3. The Hall–Kier alpha value is -12.6. The fourth-order valence-electron chi connectivity index (χ4n) is 16.4. The second-order valence-corrected chi connectivity index (χ2v) is 25.4. The van der Waals surface area contributed by atoms with Crippen LogP contribution in [0.1, 0.15) is 0 Å². The van der Waals surface area contributed by atoms with Crippen LogP contribution in [0.5, 0.6) is 0 Å². The highest BCUT2D eigenvalue weighted by atomic mass is 15.2. The third kappa shape index (κ3) is 8.00. The van der Waals surface area contributed by atoms with Crippen LogP contribution in [0.4, 0.5) is 34.1 Å². The molecule has 0 saturated carbocycles. The van der Waals surface area contributed by atoms with Gasteiger partial charge in [-0.2, -0.15) is 0 Å². The molecule has 2 aliphatic heterocycles. The molecule has 3 aromatic heterocycles. The van der Waals surface area contributed by atoms with E-state index in [0.717, 1.165) is 129 Å². The van der Waals surface area contributed by atoms with Crippen molar-refractivity contribution in [3.8, 4) is 61.6 Å². The zero-order valence-electron chi connectivity index (χ0n) is 52.3. The molecule has 0 amide bonds. The Morgan fingerprint density at radius 3 is 0.979 bits per heavy atom. The monoisotopic (exact) mass is 1220 g/mol. The van der Waals surface area contributed by atoms with E-state index in [1.54, 1.807) is 0 Å². The maximum Gasteiger partial charge on any atom is 0.252 e. The smallest absolute Gasteiger partial charge is 0.252 e. The maximum atomic E-state index is 2.69. The van der Waals surface area contributed by atoms with Crippen LogP contribution in [0.15, 0.2) is 352 Å². The minimum Gasteiger partial charge on any atom is -0.311 e. The van der Waals surface area contributed by atoms with Gasteiger partial charge in [0, 0.05) is 77.3 Å². The van der Waals surface area contributed by atoms with E-state index in [1.165, 1.54) is 48.7 Å². The van der Waals surface area contributed by atoms with Crippen LogP contribution in [-0.2, 0) is 0 Å². The number of anilines is 6. The van der Waals surface area contributed by atoms with Gasteiger partial charge in [-0.1, -0.05) is 279 Å². The highest BCUT2D eigenvalue weighted by Gasteiger charge is 2.47. The van der Waals surface area contributed by atoms with Crippen molar-refractivity contribution in [2.24, 2.45) is 0 Å². The van der Waals surface area contributed by atoms with Gasteiger partial charge in [-0.3, -0.25) is 0 Å². The third-order valence-electron chi connectivity index (χ3n) is 20.4. The number of aromatic nitrogens is 3. The van der Waals surface area contributed by atoms with E-state index in [0.29, 0.717) is 0 Å². The summed E-state index contributed by atoms with van der Waals surface area (Å²) < 4.78 is 7.60. The van der Waals surface area contributed by atoms with Crippen LogP contribution in [0.2, 0.25) is 0 Å². The molecule has 6 heteroatoms. The van der Waals surface area contributed by atoms with E-state index in [4.69, 9.17) is 0 Å². The first-order chi connectivity index (χ1) is 47.7. The summed E-state index contributed by atoms with van der Waals surface area (Å²) in [4.78, 5) is 5.35. The van der Waals surface area contributed by atoms with Gasteiger partial charge < -0.3 is 23.5 Å². The van der Waals surface area contributed by atoms with Crippen LogP contribution in [0, 0.1) is 0 Å². The van der Waals surface area contributed by atoms with Crippen LogP contribution in [0.25, 0.3) is 127 Å². The summed E-state index contributed by atoms with van der Waals surface area (Å²) in [7, 11) is 0. The Labute approximate surface area is 556 Å². The lowest BCUT2D eigenvalue weighted by Gasteiger charge is -2.46. The highest BCUT2D eigenvalue weighted by molar-refractivity contribution is 7.01. The minimum absolute atomic E-state index is 0.326. The third-order valence-corrected chi connectivity index (χ3v) is 20.4. The van der Waals surface area contributed by atoms with Gasteiger partial charge in [-0.25, -0.2) is 0 Å². The Morgan fingerprint density at radius 2 is 0.542 bits per heavy atom. The van der Waals surface area contributed by atoms with E-state index in [9.17, 15) is 0 Å². The van der Waals surface area contributed by atoms with Crippen LogP contribution >= 0.6 is 0 Å². The van der Waals surface area contributed by atoms with Crippen molar-refractivity contribution in [3.05, 3.63) is 352 Å². The van der Waals surface area contributed by atoms with Crippen molar-refractivity contribution < 1.29 is 0 Å². The van der Waals surface area contributed by atoms with Crippen molar-refractivity contribution in [3.63, 3.8) is 0 Å². The van der Waals surface area contributed by atoms with Gasteiger partial charge in [-0.05, 0) is 111 Å². The lowest BCUT2D eigenvalue weighted by atomic mass is 9.33. The zero-order chi connectivity index (χ0) is 63.0. The molecule has 0 unspecified atom stereocenters. The van der Waals surface area contributed by atoms with Gasteiger partial charge >= 0.3 is 0 Å². The number of benzene rings is 15. The quantitative estimate of drug-likeness (QED) is 0.134. The fraction of sp³-hybridized carbons (Fsp3) is 0. The molecule has 2 aliphatic rings. The largest absolute Gasteiger partial charge is 0.311 e. The molecule has 446 valence electrons. The summed E-state index contributed by atoms with van der Waals surface area (Å²) in [6, 6.07) is 131. The Balaban J connectivity index is 1.03. The standard InChI is InChI=1S/C90H58BN5/c1-6-30-59(31-7-1)64-40-16-23-47-75(64)95-84-56-82(93-77-49-25-18-42-66(77)67-43-19-26-50-78(67)93)71(61-34-10-3-11-35-61)54-73(84)91-74-55-72(62-36-12-4-13-37-62)83(94-79-51-27-20-44-68(79)69-45-21-28-52-80(69)94)57-85(74)96(76-48-24-17-41-65(76)60-32-8-2-9-33-60)90-88-70-46-22-29-53-81(70)92(63-38-14-5-15-39-63)86(88)58-87(95)89(90)91/h1-58H. The molecule has 5 heterocycles. The molecule has 0 bridgehead atoms. The molecular formula is C90H58BN5. The highest BCUT2D eigenvalue weighted by Crippen LogP contribution is 2.55. The number of rotatable bonds is 9. The second-order valence-electron chi connectivity index (χ2n) is 25.4. The molecule has 18 aromatic rings. The van der Waals surface area contributed by atoms with E-state index >= 15 is 0 Å². The van der Waals surface area contributed by atoms with Crippen LogP contribution in [-0.4, -0.2) is 20.4 Å². The van der Waals surface area contributed by atoms with Crippen molar-refractivity contribution in [1.29, 1.82) is 0 Å². The fourth-order valence-corrected chi connectivity index (χ4v) is 16.4. The molecule has 0 saturated heterocycles. The molecule has 0 radical (unpaired) electrons. The number of para-hydroxylation sites is 8. The summed E-state index contributed by atoms with van der Waals surface area (Å²) in [5.41, 5.74) is 29.6. The maximum absolute atomic E-state index is 2.69. The number of hydrogen-bond acceptors (Lipinski definition) is 2. The second kappa shape index (κ2) is 21.5. The summed E-state index contributed by atoms with van der Waals surface area (Å²) >= 11 is 0. The summed E-state index contributed by atoms with van der Waals surface area (Å²) in [5.74, 6) is 0. The molecular weight excluding hydrogens is 1160 g/mol. The SMILES string of the molecule is c1ccc(-c2ccccc2N2c3cc(-n4c5ccccc5c5ccccc54)c(-c4ccccc4)cc3B3c4cc(-c5ccccc5)c(-n5c6ccccc6c6ccccc65)cc4N(c4ccccc4-c4ccccc4)c4c3c2cc2c4c3ccccc3n2-c2ccccc2)cc1. The average Bonchev–Trinajstić information content (AvgIpc) is 1.16. The Kier molecular flexibility index (Phi) is 12.1. The van der Waals surface area contributed by atoms with Crippen molar-refractivity contribution in [2.45, 2.75) is 0 Å². The van der Waals surface area contributed by atoms with Crippen molar-refractivity contribution >= 4 is 123 Å². The molecule has 15 aromatic carbocycles. The summed E-state index contributed by atoms with van der Waals surface area (Å²) in [6.45, 7) is -0.326. The average molecular weight is 1220 g/mol. The number of nitrogens with zero attached hydrogens (tertiary/aromatic N) is 5. The molecule has 5 nitrogen and oxygen atoms in total. The molecule has 0 fully saturated rings. The molecule has 20 rings (SSSR count). The van der Waals surface area contributed by atoms with E-state index in [2.05, 4.69) is 375 Å². The summed E-state index contributed by atoms with van der Waals surface area (Å²) in [5, 5.41) is 7.22. The first-order valence-electron chi connectivity index (χ1n) is 33.2. The predicted molar refractivity (Wildman–Crippen MR) is 405 cm³/mol. The molecule has 96 heavy (non-hydrogen) atoms. The Bertz CT molecular complexity index is 5990.